The number of rotatable bonds is 11. The molecular weight excluding hydrogens is 655 g/mol. The normalized spacial score (nSPS) is 13.3. The maximum Gasteiger partial charge on any atom is 0.432 e. The summed E-state index contributed by atoms with van der Waals surface area (Å²) in [6.07, 6.45) is -10.5. The first-order valence-electron chi connectivity index (χ1n) is 13.2. The lowest BCUT2D eigenvalue weighted by molar-refractivity contribution is -0.247. The summed E-state index contributed by atoms with van der Waals surface area (Å²) in [5.74, 6) is -2.63. The number of carbonyl (C=O) groups is 2. The molecule has 0 heterocycles. The summed E-state index contributed by atoms with van der Waals surface area (Å²) in [6.45, 7) is 4.88. The van der Waals surface area contributed by atoms with Crippen molar-refractivity contribution in [1.82, 2.24) is 0 Å². The number of ether oxygens (including phenoxy) is 2. The zero-order chi connectivity index (χ0) is 33.8. The van der Waals surface area contributed by atoms with Crippen molar-refractivity contribution in [3.63, 3.8) is 0 Å². The highest BCUT2D eigenvalue weighted by Crippen LogP contribution is 2.70. The highest BCUT2D eigenvalue weighted by atomic mass is 32.3. The van der Waals surface area contributed by atoms with Gasteiger partial charge in [-0.25, -0.2) is 13.2 Å². The first-order valence-corrected chi connectivity index (χ1v) is 16.1. The molecular formula is C32H25F5O7S2. The standard InChI is InChI=1S/C32H25F5O7S2/c1-22(2)28(38)42-24-18-20-27(21-19-24)45(25-14-8-4-9-15-25,26-16-10-5-11-17-26)44-46(40,41)32(36,37)30(31(33,34)35)43-29(39)23-12-6-3-7-13-23/h3-21,30H,1H2,2H3. The summed E-state index contributed by atoms with van der Waals surface area (Å²) >= 11 is 0. The van der Waals surface area contributed by atoms with Crippen LogP contribution in [-0.4, -0.2) is 37.9 Å². The molecule has 4 aromatic carbocycles. The van der Waals surface area contributed by atoms with Gasteiger partial charge in [-0.05, 0) is 77.9 Å². The molecule has 46 heavy (non-hydrogen) atoms. The molecule has 4 rings (SSSR count). The number of hydrogen-bond donors (Lipinski definition) is 0. The second-order valence-electron chi connectivity index (χ2n) is 9.60. The topological polar surface area (TPSA) is 96.0 Å². The van der Waals surface area contributed by atoms with Gasteiger partial charge in [-0.3, -0.25) is 0 Å². The molecule has 0 N–H and O–H groups in total. The van der Waals surface area contributed by atoms with E-state index in [2.05, 4.69) is 11.3 Å². The molecule has 0 aromatic heterocycles. The second-order valence-corrected chi connectivity index (χ2v) is 14.1. The van der Waals surface area contributed by atoms with Gasteiger partial charge in [0.1, 0.15) is 5.75 Å². The van der Waals surface area contributed by atoms with Crippen LogP contribution in [-0.2, 0) is 23.3 Å². The van der Waals surface area contributed by atoms with Crippen LogP contribution in [0.5, 0.6) is 5.75 Å². The number of alkyl halides is 5. The lowest BCUT2D eigenvalue weighted by atomic mass is 10.2. The third kappa shape index (κ3) is 7.14. The van der Waals surface area contributed by atoms with Crippen LogP contribution in [0, 0.1) is 0 Å². The summed E-state index contributed by atoms with van der Waals surface area (Å²) in [7, 11) is -10.4. The molecule has 0 saturated heterocycles. The van der Waals surface area contributed by atoms with Crippen molar-refractivity contribution in [2.45, 2.75) is 39.1 Å². The first-order chi connectivity index (χ1) is 21.6. The average molecular weight is 681 g/mol. The van der Waals surface area contributed by atoms with Crippen LogP contribution in [0.4, 0.5) is 22.0 Å². The summed E-state index contributed by atoms with van der Waals surface area (Å²) in [5.41, 5.74) is -0.451. The first kappa shape index (κ1) is 34.3. The van der Waals surface area contributed by atoms with Gasteiger partial charge < -0.3 is 9.47 Å². The van der Waals surface area contributed by atoms with E-state index in [1.807, 2.05) is 0 Å². The van der Waals surface area contributed by atoms with Gasteiger partial charge in [0.25, 0.3) is 6.10 Å². The Kier molecular flexibility index (Phi) is 10.0. The molecule has 4 aromatic rings. The molecule has 1 atom stereocenters. The minimum atomic E-state index is -6.60. The molecule has 0 amide bonds. The second kappa shape index (κ2) is 13.4. The third-order valence-corrected chi connectivity index (χ3v) is 11.4. The van der Waals surface area contributed by atoms with Gasteiger partial charge in [0.05, 0.1) is 5.56 Å². The Bertz CT molecular complexity index is 1760. The van der Waals surface area contributed by atoms with Gasteiger partial charge in [-0.1, -0.05) is 61.2 Å². The molecule has 0 bridgehead atoms. The van der Waals surface area contributed by atoms with E-state index in [9.17, 15) is 31.2 Å². The Morgan fingerprint density at radius 2 is 1.13 bits per heavy atom. The molecule has 7 nitrogen and oxygen atoms in total. The van der Waals surface area contributed by atoms with Crippen molar-refractivity contribution in [1.29, 1.82) is 0 Å². The van der Waals surface area contributed by atoms with E-state index in [1.54, 1.807) is 12.1 Å². The van der Waals surface area contributed by atoms with Gasteiger partial charge in [0, 0.05) is 20.3 Å². The van der Waals surface area contributed by atoms with Crippen LogP contribution in [0.3, 0.4) is 0 Å². The van der Waals surface area contributed by atoms with Crippen LogP contribution < -0.4 is 4.74 Å². The molecule has 0 aliphatic rings. The van der Waals surface area contributed by atoms with E-state index in [4.69, 9.17) is 8.37 Å². The fourth-order valence-electron chi connectivity index (χ4n) is 4.03. The maximum absolute atomic E-state index is 15.8. The quantitative estimate of drug-likeness (QED) is 0.0684. The smallest absolute Gasteiger partial charge is 0.432 e. The van der Waals surface area contributed by atoms with Crippen molar-refractivity contribution in [3.05, 3.63) is 133 Å². The number of benzene rings is 4. The molecule has 242 valence electrons. The van der Waals surface area contributed by atoms with Crippen LogP contribution in [0.15, 0.2) is 142 Å². The zero-order valence-electron chi connectivity index (χ0n) is 23.8. The maximum atomic E-state index is 15.8. The molecule has 0 saturated carbocycles. The largest absolute Gasteiger partial charge is 0.441 e. The van der Waals surface area contributed by atoms with Crippen molar-refractivity contribution >= 4 is 32.4 Å². The molecule has 0 fully saturated rings. The minimum absolute atomic E-state index is 0.0112. The molecule has 0 aliphatic carbocycles. The number of halogens is 5. The van der Waals surface area contributed by atoms with E-state index in [0.717, 1.165) is 12.1 Å². The fourth-order valence-corrected chi connectivity index (χ4v) is 9.27. The number of hydrogen-bond acceptors (Lipinski definition) is 7. The Labute approximate surface area is 262 Å². The number of esters is 2. The van der Waals surface area contributed by atoms with E-state index in [-0.39, 0.29) is 26.0 Å². The van der Waals surface area contributed by atoms with Crippen molar-refractivity contribution < 1.29 is 53.1 Å². The van der Waals surface area contributed by atoms with Crippen LogP contribution in [0.1, 0.15) is 17.3 Å². The Hall–Kier alpha value is -4.53. The highest BCUT2D eigenvalue weighted by Gasteiger charge is 2.68. The van der Waals surface area contributed by atoms with Crippen molar-refractivity contribution in [3.8, 4) is 5.75 Å². The van der Waals surface area contributed by atoms with Crippen molar-refractivity contribution in [2.24, 2.45) is 0 Å². The van der Waals surface area contributed by atoms with Gasteiger partial charge in [0.15, 0.2) is 0 Å². The summed E-state index contributed by atoms with van der Waals surface area (Å²) < 4.78 is 116. The Balaban J connectivity index is 1.89. The Morgan fingerprint density at radius 1 is 0.696 bits per heavy atom. The monoisotopic (exact) mass is 680 g/mol. The lowest BCUT2D eigenvalue weighted by Crippen LogP contribution is -2.52. The van der Waals surface area contributed by atoms with Gasteiger partial charge in [0.2, 0.25) is 0 Å². The molecule has 1 unspecified atom stereocenters. The van der Waals surface area contributed by atoms with Gasteiger partial charge in [-0.2, -0.15) is 30.4 Å². The minimum Gasteiger partial charge on any atom is -0.441 e. The van der Waals surface area contributed by atoms with Gasteiger partial charge in [-0.15, -0.1) is 0 Å². The Morgan fingerprint density at radius 3 is 1.57 bits per heavy atom. The summed E-state index contributed by atoms with van der Waals surface area (Å²) in [5, 5.41) is -5.84. The zero-order valence-corrected chi connectivity index (χ0v) is 25.5. The number of carbonyl (C=O) groups excluding carboxylic acids is 2. The third-order valence-electron chi connectivity index (χ3n) is 6.23. The molecule has 0 spiro atoms. The molecule has 14 heteroatoms. The van der Waals surface area contributed by atoms with Crippen LogP contribution >= 0.6 is 10.3 Å². The molecule has 0 radical (unpaired) electrons. The average Bonchev–Trinajstić information content (AvgIpc) is 3.03. The highest BCUT2D eigenvalue weighted by molar-refractivity contribution is 8.33. The lowest BCUT2D eigenvalue weighted by Gasteiger charge is -2.40. The predicted octanol–water partition coefficient (Wildman–Crippen LogP) is 8.09. The van der Waals surface area contributed by atoms with Crippen LogP contribution in [0.2, 0.25) is 0 Å². The van der Waals surface area contributed by atoms with E-state index < -0.39 is 55.5 Å². The predicted molar refractivity (Wildman–Crippen MR) is 159 cm³/mol. The van der Waals surface area contributed by atoms with Gasteiger partial charge >= 0.3 is 33.5 Å². The molecule has 0 aliphatic heterocycles. The van der Waals surface area contributed by atoms with Crippen LogP contribution in [0.25, 0.3) is 0 Å². The van der Waals surface area contributed by atoms with Crippen molar-refractivity contribution in [2.75, 3.05) is 0 Å². The summed E-state index contributed by atoms with van der Waals surface area (Å²) in [4.78, 5) is 24.4. The fraction of sp³-hybridized carbons (Fsp3) is 0.125. The SMILES string of the molecule is C=C(C)C(=O)Oc1ccc(S(OS(=O)(=O)C(F)(F)C(OC(=O)c2ccccc2)C(F)(F)F)(c2ccccc2)c2ccccc2)cc1. The van der Waals surface area contributed by atoms with E-state index in [0.29, 0.717) is 0 Å². The summed E-state index contributed by atoms with van der Waals surface area (Å²) in [6, 6.07) is 25.2. The van der Waals surface area contributed by atoms with E-state index >= 15 is 8.78 Å². The van der Waals surface area contributed by atoms with E-state index in [1.165, 1.54) is 97.9 Å².